The van der Waals surface area contributed by atoms with Gasteiger partial charge in [-0.05, 0) is 49.9 Å². The molecule has 3 rings (SSSR count). The minimum Gasteiger partial charge on any atom is -0.387 e. The van der Waals surface area contributed by atoms with Gasteiger partial charge >= 0.3 is 6.18 Å². The van der Waals surface area contributed by atoms with Gasteiger partial charge in [-0.1, -0.05) is 31.4 Å². The van der Waals surface area contributed by atoms with Crippen LogP contribution >= 0.6 is 0 Å². The first-order valence-corrected chi connectivity index (χ1v) is 10.2. The highest BCUT2D eigenvalue weighted by molar-refractivity contribution is 5.79. The number of nitrogens with one attached hydrogen (secondary N) is 1. The molecule has 0 spiro atoms. The zero-order valence-electron chi connectivity index (χ0n) is 16.0. The van der Waals surface area contributed by atoms with Crippen molar-refractivity contribution in [3.63, 3.8) is 0 Å². The van der Waals surface area contributed by atoms with E-state index in [-0.39, 0.29) is 30.0 Å². The van der Waals surface area contributed by atoms with Crippen LogP contribution in [0.4, 0.5) is 13.2 Å². The molecule has 0 radical (unpaired) electrons. The van der Waals surface area contributed by atoms with E-state index in [0.717, 1.165) is 57.2 Å². The van der Waals surface area contributed by atoms with Crippen LogP contribution in [-0.2, 0) is 11.0 Å². The predicted molar refractivity (Wildman–Crippen MR) is 101 cm³/mol. The zero-order chi connectivity index (χ0) is 20.1. The minimum absolute atomic E-state index is 0.0742. The van der Waals surface area contributed by atoms with E-state index in [1.807, 2.05) is 4.90 Å². The van der Waals surface area contributed by atoms with Crippen LogP contribution in [0.2, 0.25) is 0 Å². The quantitative estimate of drug-likeness (QED) is 0.791. The van der Waals surface area contributed by atoms with Gasteiger partial charge in [0, 0.05) is 19.1 Å². The number of halogens is 3. The lowest BCUT2D eigenvalue weighted by molar-refractivity contribution is -0.137. The Morgan fingerprint density at radius 1 is 1.18 bits per heavy atom. The summed E-state index contributed by atoms with van der Waals surface area (Å²) in [5.41, 5.74) is -0.504. The summed E-state index contributed by atoms with van der Waals surface area (Å²) in [6.45, 7) is 1.51. The van der Waals surface area contributed by atoms with Crippen molar-refractivity contribution in [3.8, 4) is 0 Å². The third-order valence-corrected chi connectivity index (χ3v) is 5.86. The number of benzene rings is 1. The Balaban J connectivity index is 1.55. The van der Waals surface area contributed by atoms with Crippen molar-refractivity contribution in [2.24, 2.45) is 5.92 Å². The predicted octanol–water partition coefficient (Wildman–Crippen LogP) is 3.90. The van der Waals surface area contributed by atoms with Gasteiger partial charge < -0.3 is 10.4 Å². The Kier molecular flexibility index (Phi) is 6.99. The number of aliphatic hydroxyl groups excluding tert-OH is 1. The normalized spacial score (nSPS) is 23.4. The molecule has 1 saturated heterocycles. The van der Waals surface area contributed by atoms with Gasteiger partial charge in [0.05, 0.1) is 17.6 Å². The van der Waals surface area contributed by atoms with Gasteiger partial charge in [0.1, 0.15) is 0 Å². The molecule has 7 heteroatoms. The molecule has 28 heavy (non-hydrogen) atoms. The van der Waals surface area contributed by atoms with E-state index < -0.39 is 17.8 Å². The van der Waals surface area contributed by atoms with Gasteiger partial charge in [-0.25, -0.2) is 0 Å². The lowest BCUT2D eigenvalue weighted by Crippen LogP contribution is -2.47. The summed E-state index contributed by atoms with van der Waals surface area (Å²) in [6.07, 6.45) is 1.85. The molecule has 4 nitrogen and oxygen atoms in total. The number of amides is 1. The van der Waals surface area contributed by atoms with E-state index in [1.54, 1.807) is 0 Å². The van der Waals surface area contributed by atoms with E-state index in [4.69, 9.17) is 0 Å². The van der Waals surface area contributed by atoms with Gasteiger partial charge in [0.2, 0.25) is 5.91 Å². The number of aliphatic hydroxyl groups is 1. The molecule has 1 amide bonds. The Morgan fingerprint density at radius 2 is 1.93 bits per heavy atom. The molecule has 1 aromatic carbocycles. The Bertz CT molecular complexity index is 659. The summed E-state index contributed by atoms with van der Waals surface area (Å²) < 4.78 is 38.7. The van der Waals surface area contributed by atoms with Crippen LogP contribution < -0.4 is 5.32 Å². The molecule has 1 aromatic rings. The van der Waals surface area contributed by atoms with Gasteiger partial charge in [0.15, 0.2) is 0 Å². The number of hydrogen-bond donors (Lipinski definition) is 2. The van der Waals surface area contributed by atoms with E-state index in [2.05, 4.69) is 5.32 Å². The molecule has 2 aliphatic rings. The number of likely N-dealkylation sites (tertiary alicyclic amines) is 1. The van der Waals surface area contributed by atoms with E-state index in [0.29, 0.717) is 6.54 Å². The second-order valence-electron chi connectivity index (χ2n) is 8.08. The molecule has 156 valence electrons. The average molecular weight is 398 g/mol. The van der Waals surface area contributed by atoms with Crippen molar-refractivity contribution in [2.75, 3.05) is 19.6 Å². The summed E-state index contributed by atoms with van der Waals surface area (Å²) in [7, 11) is 0. The van der Waals surface area contributed by atoms with Crippen LogP contribution in [0.5, 0.6) is 0 Å². The number of piperidine rings is 1. The highest BCUT2D eigenvalue weighted by Gasteiger charge is 2.32. The van der Waals surface area contributed by atoms with Crippen LogP contribution in [-0.4, -0.2) is 41.6 Å². The molecule has 1 aliphatic carbocycles. The number of nitrogens with zero attached hydrogens (tertiary/aromatic N) is 1. The Labute approximate surface area is 164 Å². The van der Waals surface area contributed by atoms with E-state index in [1.165, 1.54) is 18.6 Å². The molecular weight excluding hydrogens is 369 g/mol. The molecule has 2 N–H and O–H groups in total. The number of rotatable bonds is 5. The lowest BCUT2D eigenvalue weighted by Gasteiger charge is -2.34. The van der Waals surface area contributed by atoms with E-state index in [9.17, 15) is 23.1 Å². The third-order valence-electron chi connectivity index (χ3n) is 5.86. The number of carbonyl (C=O) groups excluding carboxylic acids is 1. The fraction of sp³-hybridized carbons (Fsp3) is 0.667. The van der Waals surface area contributed by atoms with Crippen molar-refractivity contribution < 1.29 is 23.1 Å². The van der Waals surface area contributed by atoms with Crippen molar-refractivity contribution in [2.45, 2.75) is 63.3 Å². The lowest BCUT2D eigenvalue weighted by atomic mass is 9.92. The Morgan fingerprint density at radius 3 is 2.64 bits per heavy atom. The molecular formula is C21H29F3N2O2. The van der Waals surface area contributed by atoms with Crippen molar-refractivity contribution in [1.82, 2.24) is 10.2 Å². The average Bonchev–Trinajstić information content (AvgIpc) is 2.68. The fourth-order valence-corrected chi connectivity index (χ4v) is 4.27. The number of carbonyl (C=O) groups is 1. The van der Waals surface area contributed by atoms with Crippen molar-refractivity contribution >= 4 is 5.91 Å². The molecule has 2 fully saturated rings. The molecule has 1 saturated carbocycles. The topological polar surface area (TPSA) is 52.6 Å². The van der Waals surface area contributed by atoms with Gasteiger partial charge in [-0.15, -0.1) is 0 Å². The summed E-state index contributed by atoms with van der Waals surface area (Å²) in [5.74, 6) is -0.0467. The summed E-state index contributed by atoms with van der Waals surface area (Å²) >= 11 is 0. The number of β-amino-alcohol motifs (C(OH)–C–C–N with tert-alkyl or cyclic N) is 1. The summed E-state index contributed by atoms with van der Waals surface area (Å²) in [4.78, 5) is 14.6. The molecule has 2 atom stereocenters. The van der Waals surface area contributed by atoms with Crippen LogP contribution in [0.3, 0.4) is 0 Å². The molecule has 0 bridgehead atoms. The second kappa shape index (κ2) is 9.27. The number of alkyl halides is 3. The van der Waals surface area contributed by atoms with Crippen LogP contribution in [0, 0.1) is 5.92 Å². The first-order chi connectivity index (χ1) is 13.3. The highest BCUT2D eigenvalue weighted by atomic mass is 19.4. The monoisotopic (exact) mass is 398 g/mol. The SMILES string of the molecule is O=C(NC1CCCCC1)[C@H]1CCCN(C[C@H](O)c2cccc(C(F)(F)F)c2)C1. The standard InChI is InChI=1S/C21H29F3N2O2/c22-21(23,24)17-8-4-6-15(12-17)19(27)14-26-11-5-7-16(13-26)20(28)25-18-9-2-1-3-10-18/h4,6,8,12,16,18-19,27H,1-3,5,7,9-11,13-14H2,(H,25,28)/t16-,19-/m0/s1. The maximum absolute atomic E-state index is 12.9. The van der Waals surface area contributed by atoms with Crippen molar-refractivity contribution in [3.05, 3.63) is 35.4 Å². The van der Waals surface area contributed by atoms with Crippen LogP contribution in [0.1, 0.15) is 62.2 Å². The molecule has 1 aliphatic heterocycles. The first kappa shape index (κ1) is 21.1. The zero-order valence-corrected chi connectivity index (χ0v) is 16.0. The largest absolute Gasteiger partial charge is 0.416 e. The first-order valence-electron chi connectivity index (χ1n) is 10.2. The minimum atomic E-state index is -4.43. The van der Waals surface area contributed by atoms with E-state index >= 15 is 0 Å². The maximum atomic E-state index is 12.9. The second-order valence-corrected chi connectivity index (χ2v) is 8.08. The summed E-state index contributed by atoms with van der Waals surface area (Å²) in [5, 5.41) is 13.6. The number of hydrogen-bond acceptors (Lipinski definition) is 3. The van der Waals surface area contributed by atoms with Gasteiger partial charge in [-0.2, -0.15) is 13.2 Å². The fourth-order valence-electron chi connectivity index (χ4n) is 4.27. The smallest absolute Gasteiger partial charge is 0.387 e. The molecule has 0 unspecified atom stereocenters. The molecule has 0 aromatic heterocycles. The third kappa shape index (κ3) is 5.70. The highest BCUT2D eigenvalue weighted by Crippen LogP contribution is 2.31. The maximum Gasteiger partial charge on any atom is 0.416 e. The van der Waals surface area contributed by atoms with Gasteiger partial charge in [0.25, 0.3) is 0 Å². The molecule has 1 heterocycles. The van der Waals surface area contributed by atoms with Crippen molar-refractivity contribution in [1.29, 1.82) is 0 Å². The van der Waals surface area contributed by atoms with Crippen LogP contribution in [0.15, 0.2) is 24.3 Å². The van der Waals surface area contributed by atoms with Crippen LogP contribution in [0.25, 0.3) is 0 Å². The van der Waals surface area contributed by atoms with Gasteiger partial charge in [-0.3, -0.25) is 9.69 Å². The Hall–Kier alpha value is -1.60. The summed E-state index contributed by atoms with van der Waals surface area (Å²) in [6, 6.07) is 5.10.